The van der Waals surface area contributed by atoms with Crippen LogP contribution in [0.2, 0.25) is 0 Å². The standard InChI is InChI=1S/C27H33FN2O3/c28-21-7-4-8-22(15-21)33-19-26(17-29-24-16-23(24)20-5-2-1-3-6-20)11-13-30(14-12-26)18-27(9-10-27)25(31)32/h1-8,15,23-24,29H,9-14,16-19H2,(H,31,32)/t23-,24+/m0/s1. The highest BCUT2D eigenvalue weighted by molar-refractivity contribution is 5.78. The maximum absolute atomic E-state index is 13.6. The normalized spacial score (nSPS) is 25.4. The number of nitrogens with one attached hydrogen (secondary N) is 1. The molecule has 1 saturated heterocycles. The molecule has 0 aromatic heterocycles. The quantitative estimate of drug-likeness (QED) is 0.563. The number of rotatable bonds is 10. The first-order valence-electron chi connectivity index (χ1n) is 12.1. The summed E-state index contributed by atoms with van der Waals surface area (Å²) in [7, 11) is 0. The fraction of sp³-hybridized carbons (Fsp3) is 0.519. The first-order valence-corrected chi connectivity index (χ1v) is 12.1. The van der Waals surface area contributed by atoms with E-state index in [0.29, 0.717) is 30.9 Å². The van der Waals surface area contributed by atoms with Crippen LogP contribution in [0.5, 0.6) is 5.75 Å². The molecule has 0 spiro atoms. The molecule has 3 fully saturated rings. The van der Waals surface area contributed by atoms with Gasteiger partial charge in [-0.3, -0.25) is 4.79 Å². The van der Waals surface area contributed by atoms with E-state index >= 15 is 0 Å². The van der Waals surface area contributed by atoms with Crippen LogP contribution in [0, 0.1) is 16.6 Å². The van der Waals surface area contributed by atoms with E-state index in [9.17, 15) is 14.3 Å². The summed E-state index contributed by atoms with van der Waals surface area (Å²) in [5.74, 6) is 0.184. The van der Waals surface area contributed by atoms with Crippen LogP contribution in [0.3, 0.4) is 0 Å². The van der Waals surface area contributed by atoms with E-state index in [0.717, 1.165) is 51.7 Å². The molecular formula is C27H33FN2O3. The minimum absolute atomic E-state index is 0.0490. The summed E-state index contributed by atoms with van der Waals surface area (Å²) in [6, 6.07) is 17.5. The van der Waals surface area contributed by atoms with E-state index in [1.807, 2.05) is 0 Å². The Hall–Kier alpha value is -2.44. The molecule has 2 aromatic rings. The van der Waals surface area contributed by atoms with E-state index < -0.39 is 11.4 Å². The van der Waals surface area contributed by atoms with Crippen molar-refractivity contribution in [2.75, 3.05) is 32.8 Å². The van der Waals surface area contributed by atoms with Crippen molar-refractivity contribution in [2.45, 2.75) is 44.1 Å². The number of hydrogen-bond acceptors (Lipinski definition) is 4. The second kappa shape index (κ2) is 9.07. The molecule has 5 nitrogen and oxygen atoms in total. The number of carboxylic acids is 1. The Morgan fingerprint density at radius 3 is 2.52 bits per heavy atom. The molecule has 0 bridgehead atoms. The molecule has 0 unspecified atom stereocenters. The van der Waals surface area contributed by atoms with Crippen LogP contribution >= 0.6 is 0 Å². The predicted octanol–water partition coefficient (Wildman–Crippen LogP) is 4.30. The first-order chi connectivity index (χ1) is 16.0. The number of ether oxygens (including phenoxy) is 1. The molecule has 0 amide bonds. The second-order valence-corrected chi connectivity index (χ2v) is 10.3. The third-order valence-electron chi connectivity index (χ3n) is 7.85. The van der Waals surface area contributed by atoms with E-state index in [4.69, 9.17) is 4.74 Å². The summed E-state index contributed by atoms with van der Waals surface area (Å²) in [5.41, 5.74) is 0.818. The van der Waals surface area contributed by atoms with E-state index in [1.54, 1.807) is 12.1 Å². The molecule has 2 N–H and O–H groups in total. The number of likely N-dealkylation sites (tertiary alicyclic amines) is 1. The zero-order valence-electron chi connectivity index (χ0n) is 19.0. The molecule has 2 saturated carbocycles. The fourth-order valence-corrected chi connectivity index (χ4v) is 5.21. The minimum Gasteiger partial charge on any atom is -0.493 e. The fourth-order valence-electron chi connectivity index (χ4n) is 5.21. The van der Waals surface area contributed by atoms with Gasteiger partial charge in [-0.15, -0.1) is 0 Å². The summed E-state index contributed by atoms with van der Waals surface area (Å²) in [5, 5.41) is 13.3. The number of carboxylic acid groups (broad SMARTS) is 1. The zero-order chi connectivity index (χ0) is 22.9. The highest BCUT2D eigenvalue weighted by Crippen LogP contribution is 2.47. The number of carbonyl (C=O) groups is 1. The average Bonchev–Trinajstić information content (AvgIpc) is 3.75. The largest absolute Gasteiger partial charge is 0.493 e. The van der Waals surface area contributed by atoms with Crippen molar-refractivity contribution >= 4 is 5.97 Å². The van der Waals surface area contributed by atoms with Gasteiger partial charge in [0.2, 0.25) is 0 Å². The van der Waals surface area contributed by atoms with Gasteiger partial charge in [-0.05, 0) is 62.9 Å². The van der Waals surface area contributed by atoms with Gasteiger partial charge in [0.1, 0.15) is 11.6 Å². The van der Waals surface area contributed by atoms with Gasteiger partial charge in [-0.2, -0.15) is 0 Å². The number of hydrogen-bond donors (Lipinski definition) is 2. The third kappa shape index (κ3) is 5.22. The van der Waals surface area contributed by atoms with Gasteiger partial charge in [0, 0.05) is 36.5 Å². The smallest absolute Gasteiger partial charge is 0.310 e. The molecule has 6 heteroatoms. The lowest BCUT2D eigenvalue weighted by atomic mass is 9.78. The SMILES string of the molecule is O=C(O)C1(CN2CCC(CN[C@@H]3C[C@H]3c3ccccc3)(COc3cccc(F)c3)CC2)CC1. The van der Waals surface area contributed by atoms with Crippen molar-refractivity contribution in [3.8, 4) is 5.75 Å². The van der Waals surface area contributed by atoms with Crippen molar-refractivity contribution in [1.29, 1.82) is 0 Å². The molecule has 1 heterocycles. The van der Waals surface area contributed by atoms with Gasteiger partial charge in [0.15, 0.2) is 0 Å². The Labute approximate surface area is 194 Å². The van der Waals surface area contributed by atoms with Crippen molar-refractivity contribution in [2.24, 2.45) is 10.8 Å². The first kappa shape index (κ1) is 22.4. The van der Waals surface area contributed by atoms with Crippen LogP contribution in [0.4, 0.5) is 4.39 Å². The predicted molar refractivity (Wildman–Crippen MR) is 125 cm³/mol. The summed E-state index contributed by atoms with van der Waals surface area (Å²) in [6.45, 7) is 3.78. The van der Waals surface area contributed by atoms with Gasteiger partial charge < -0.3 is 20.1 Å². The Balaban J connectivity index is 1.21. The van der Waals surface area contributed by atoms with Crippen molar-refractivity contribution in [3.63, 3.8) is 0 Å². The lowest BCUT2D eigenvalue weighted by Gasteiger charge is -2.42. The Morgan fingerprint density at radius 2 is 1.85 bits per heavy atom. The molecule has 176 valence electrons. The molecule has 0 radical (unpaired) electrons. The number of aliphatic carboxylic acids is 1. The average molecular weight is 453 g/mol. The Bertz CT molecular complexity index is 970. The summed E-state index contributed by atoms with van der Waals surface area (Å²) < 4.78 is 19.7. The van der Waals surface area contributed by atoms with Crippen LogP contribution < -0.4 is 10.1 Å². The topological polar surface area (TPSA) is 61.8 Å². The number of piperidine rings is 1. The number of halogens is 1. The van der Waals surface area contributed by atoms with Gasteiger partial charge >= 0.3 is 5.97 Å². The molecule has 5 rings (SSSR count). The molecular weight excluding hydrogens is 419 g/mol. The Morgan fingerprint density at radius 1 is 1.09 bits per heavy atom. The van der Waals surface area contributed by atoms with Crippen LogP contribution in [-0.4, -0.2) is 54.8 Å². The van der Waals surface area contributed by atoms with E-state index in [-0.39, 0.29) is 11.2 Å². The zero-order valence-corrected chi connectivity index (χ0v) is 19.0. The molecule has 2 atom stereocenters. The van der Waals surface area contributed by atoms with Crippen LogP contribution in [0.25, 0.3) is 0 Å². The van der Waals surface area contributed by atoms with Gasteiger partial charge in [0.25, 0.3) is 0 Å². The lowest BCUT2D eigenvalue weighted by Crippen LogP contribution is -2.50. The molecule has 1 aliphatic heterocycles. The number of benzene rings is 2. The monoisotopic (exact) mass is 452 g/mol. The third-order valence-corrected chi connectivity index (χ3v) is 7.85. The molecule has 33 heavy (non-hydrogen) atoms. The van der Waals surface area contributed by atoms with E-state index in [1.165, 1.54) is 17.7 Å². The van der Waals surface area contributed by atoms with Crippen LogP contribution in [0.15, 0.2) is 54.6 Å². The van der Waals surface area contributed by atoms with Gasteiger partial charge in [0.05, 0.1) is 12.0 Å². The summed E-state index contributed by atoms with van der Waals surface area (Å²) >= 11 is 0. The van der Waals surface area contributed by atoms with Crippen molar-refractivity contribution in [1.82, 2.24) is 10.2 Å². The van der Waals surface area contributed by atoms with Gasteiger partial charge in [-0.25, -0.2) is 4.39 Å². The summed E-state index contributed by atoms with van der Waals surface area (Å²) in [4.78, 5) is 13.9. The highest BCUT2D eigenvalue weighted by Gasteiger charge is 2.52. The van der Waals surface area contributed by atoms with Crippen LogP contribution in [-0.2, 0) is 4.79 Å². The Kier molecular flexibility index (Phi) is 6.14. The summed E-state index contributed by atoms with van der Waals surface area (Å²) in [6.07, 6.45) is 4.60. The maximum atomic E-state index is 13.6. The highest BCUT2D eigenvalue weighted by atomic mass is 19.1. The molecule has 2 aliphatic carbocycles. The lowest BCUT2D eigenvalue weighted by molar-refractivity contribution is -0.144. The van der Waals surface area contributed by atoms with Crippen molar-refractivity contribution in [3.05, 3.63) is 66.0 Å². The van der Waals surface area contributed by atoms with Crippen LogP contribution in [0.1, 0.15) is 43.6 Å². The molecule has 2 aromatic carbocycles. The maximum Gasteiger partial charge on any atom is 0.310 e. The second-order valence-electron chi connectivity index (χ2n) is 10.3. The van der Waals surface area contributed by atoms with E-state index in [2.05, 4.69) is 40.5 Å². The minimum atomic E-state index is -0.656. The molecule has 3 aliphatic rings. The van der Waals surface area contributed by atoms with Crippen molar-refractivity contribution < 1.29 is 19.0 Å². The number of nitrogens with zero attached hydrogens (tertiary/aromatic N) is 1. The van der Waals surface area contributed by atoms with Gasteiger partial charge in [-0.1, -0.05) is 36.4 Å².